The number of nitrogens with one attached hydrogen (secondary N) is 1. The van der Waals surface area contributed by atoms with Gasteiger partial charge >= 0.3 is 5.97 Å². The van der Waals surface area contributed by atoms with Gasteiger partial charge in [-0.25, -0.2) is 8.78 Å². The number of carboxylic acid groups (broad SMARTS) is 1. The number of hydrogen-bond donors (Lipinski definition) is 2. The molecule has 1 aliphatic rings. The zero-order valence-electron chi connectivity index (χ0n) is 10.0. The van der Waals surface area contributed by atoms with E-state index in [9.17, 15) is 18.4 Å². The third-order valence-corrected chi connectivity index (χ3v) is 3.22. The molecule has 1 amide bonds. The second-order valence-corrected chi connectivity index (χ2v) is 4.68. The van der Waals surface area contributed by atoms with Gasteiger partial charge in [0.2, 0.25) is 5.91 Å². The van der Waals surface area contributed by atoms with Crippen LogP contribution in [-0.2, 0) is 16.0 Å². The molecule has 1 saturated carbocycles. The molecule has 0 heterocycles. The summed E-state index contributed by atoms with van der Waals surface area (Å²) in [4.78, 5) is 22.2. The maximum absolute atomic E-state index is 13.3. The fourth-order valence-corrected chi connectivity index (χ4v) is 2.05. The second kappa shape index (κ2) is 5.34. The van der Waals surface area contributed by atoms with E-state index in [1.54, 1.807) is 0 Å². The van der Waals surface area contributed by atoms with Gasteiger partial charge in [-0.1, -0.05) is 6.07 Å². The van der Waals surface area contributed by atoms with Crippen molar-refractivity contribution >= 4 is 11.9 Å². The molecule has 0 radical (unpaired) electrons. The SMILES string of the molecule is O=C(Cc1ccc(F)cc1F)NC1CC(C(=O)O)C1. The Labute approximate surface area is 108 Å². The van der Waals surface area contributed by atoms with Gasteiger partial charge < -0.3 is 10.4 Å². The van der Waals surface area contributed by atoms with E-state index in [0.29, 0.717) is 12.8 Å². The lowest BCUT2D eigenvalue weighted by atomic mass is 9.80. The van der Waals surface area contributed by atoms with Crippen molar-refractivity contribution in [2.24, 2.45) is 5.92 Å². The zero-order valence-corrected chi connectivity index (χ0v) is 10.0. The Balaban J connectivity index is 1.84. The van der Waals surface area contributed by atoms with Crippen LogP contribution in [0.1, 0.15) is 18.4 Å². The van der Waals surface area contributed by atoms with Crippen molar-refractivity contribution in [1.82, 2.24) is 5.32 Å². The van der Waals surface area contributed by atoms with Gasteiger partial charge in [0.15, 0.2) is 0 Å². The summed E-state index contributed by atoms with van der Waals surface area (Å²) in [5.41, 5.74) is 0.119. The summed E-state index contributed by atoms with van der Waals surface area (Å²) in [7, 11) is 0. The lowest BCUT2D eigenvalue weighted by Gasteiger charge is -2.32. The predicted octanol–water partition coefficient (Wildman–Crippen LogP) is 1.49. The molecule has 102 valence electrons. The van der Waals surface area contributed by atoms with E-state index >= 15 is 0 Å². The molecule has 1 aromatic rings. The zero-order chi connectivity index (χ0) is 14.0. The molecule has 19 heavy (non-hydrogen) atoms. The lowest BCUT2D eigenvalue weighted by molar-refractivity contribution is -0.146. The van der Waals surface area contributed by atoms with E-state index in [0.717, 1.165) is 12.1 Å². The van der Waals surface area contributed by atoms with Gasteiger partial charge in [0.25, 0.3) is 0 Å². The predicted molar refractivity (Wildman–Crippen MR) is 62.4 cm³/mol. The van der Waals surface area contributed by atoms with Crippen LogP contribution in [0.2, 0.25) is 0 Å². The third-order valence-electron chi connectivity index (χ3n) is 3.22. The minimum absolute atomic E-state index is 0.119. The quantitative estimate of drug-likeness (QED) is 0.870. The van der Waals surface area contributed by atoms with Crippen molar-refractivity contribution < 1.29 is 23.5 Å². The van der Waals surface area contributed by atoms with Gasteiger partial charge in [0.1, 0.15) is 11.6 Å². The fraction of sp³-hybridized carbons (Fsp3) is 0.385. The van der Waals surface area contributed by atoms with Crippen LogP contribution in [-0.4, -0.2) is 23.0 Å². The third kappa shape index (κ3) is 3.27. The highest BCUT2D eigenvalue weighted by atomic mass is 19.1. The Kier molecular flexibility index (Phi) is 3.78. The molecular weight excluding hydrogens is 256 g/mol. The second-order valence-electron chi connectivity index (χ2n) is 4.68. The van der Waals surface area contributed by atoms with Gasteiger partial charge in [-0.15, -0.1) is 0 Å². The minimum Gasteiger partial charge on any atom is -0.481 e. The van der Waals surface area contributed by atoms with Crippen molar-refractivity contribution in [3.05, 3.63) is 35.4 Å². The van der Waals surface area contributed by atoms with Crippen LogP contribution in [0.3, 0.4) is 0 Å². The molecule has 0 atom stereocenters. The van der Waals surface area contributed by atoms with E-state index in [1.807, 2.05) is 0 Å². The summed E-state index contributed by atoms with van der Waals surface area (Å²) >= 11 is 0. The van der Waals surface area contributed by atoms with Gasteiger partial charge in [-0.05, 0) is 24.5 Å². The number of aliphatic carboxylic acids is 1. The summed E-state index contributed by atoms with van der Waals surface area (Å²) in [5.74, 6) is -3.11. The van der Waals surface area contributed by atoms with Crippen LogP contribution in [0.4, 0.5) is 8.78 Å². The molecule has 2 N–H and O–H groups in total. The molecule has 1 aliphatic carbocycles. The highest BCUT2D eigenvalue weighted by Gasteiger charge is 2.35. The summed E-state index contributed by atoms with van der Waals surface area (Å²) in [5, 5.41) is 11.3. The molecule has 0 saturated heterocycles. The molecule has 0 spiro atoms. The van der Waals surface area contributed by atoms with Crippen LogP contribution in [0.15, 0.2) is 18.2 Å². The maximum atomic E-state index is 13.3. The molecular formula is C13H13F2NO3. The summed E-state index contributed by atoms with van der Waals surface area (Å²) in [6.07, 6.45) is 0.611. The van der Waals surface area contributed by atoms with E-state index < -0.39 is 23.5 Å². The van der Waals surface area contributed by atoms with Gasteiger partial charge in [0, 0.05) is 12.1 Å². The largest absolute Gasteiger partial charge is 0.481 e. The Morgan fingerprint density at radius 2 is 2.00 bits per heavy atom. The number of carboxylic acids is 1. The molecule has 2 rings (SSSR count). The first-order chi connectivity index (χ1) is 8.95. The van der Waals surface area contributed by atoms with E-state index in [4.69, 9.17) is 5.11 Å². The van der Waals surface area contributed by atoms with Gasteiger partial charge in [-0.2, -0.15) is 0 Å². The number of hydrogen-bond acceptors (Lipinski definition) is 2. The fourth-order valence-electron chi connectivity index (χ4n) is 2.05. The molecule has 0 aromatic heterocycles. The van der Waals surface area contributed by atoms with Crippen molar-refractivity contribution in [2.75, 3.05) is 0 Å². The number of amides is 1. The first kappa shape index (κ1) is 13.5. The molecule has 1 fully saturated rings. The van der Waals surface area contributed by atoms with Crippen LogP contribution >= 0.6 is 0 Å². The number of benzene rings is 1. The number of halogens is 2. The first-order valence-electron chi connectivity index (χ1n) is 5.92. The van der Waals surface area contributed by atoms with Gasteiger partial charge in [-0.3, -0.25) is 9.59 Å². The number of carbonyl (C=O) groups excluding carboxylic acids is 1. The van der Waals surface area contributed by atoms with Crippen LogP contribution in [0.25, 0.3) is 0 Å². The van der Waals surface area contributed by atoms with Crippen molar-refractivity contribution in [3.8, 4) is 0 Å². The first-order valence-corrected chi connectivity index (χ1v) is 5.92. The van der Waals surface area contributed by atoms with Crippen LogP contribution in [0, 0.1) is 17.6 Å². The van der Waals surface area contributed by atoms with Crippen molar-refractivity contribution in [1.29, 1.82) is 0 Å². The Morgan fingerprint density at radius 1 is 1.32 bits per heavy atom. The lowest BCUT2D eigenvalue weighted by Crippen LogP contribution is -2.47. The van der Waals surface area contributed by atoms with Crippen LogP contribution < -0.4 is 5.32 Å². The molecule has 0 unspecified atom stereocenters. The monoisotopic (exact) mass is 269 g/mol. The summed E-state index contributed by atoms with van der Waals surface area (Å²) in [6.45, 7) is 0. The average molecular weight is 269 g/mol. The Bertz CT molecular complexity index is 513. The molecule has 0 bridgehead atoms. The minimum atomic E-state index is -0.866. The summed E-state index contributed by atoms with van der Waals surface area (Å²) < 4.78 is 26.0. The van der Waals surface area contributed by atoms with Crippen molar-refractivity contribution in [2.45, 2.75) is 25.3 Å². The number of carbonyl (C=O) groups is 2. The van der Waals surface area contributed by atoms with E-state index in [1.165, 1.54) is 6.07 Å². The maximum Gasteiger partial charge on any atom is 0.306 e. The molecule has 1 aromatic carbocycles. The van der Waals surface area contributed by atoms with Gasteiger partial charge in [0.05, 0.1) is 12.3 Å². The molecule has 6 heteroatoms. The van der Waals surface area contributed by atoms with E-state index in [2.05, 4.69) is 5.32 Å². The van der Waals surface area contributed by atoms with Crippen LogP contribution in [0.5, 0.6) is 0 Å². The highest BCUT2D eigenvalue weighted by molar-refractivity contribution is 5.79. The van der Waals surface area contributed by atoms with E-state index in [-0.39, 0.29) is 23.9 Å². The van der Waals surface area contributed by atoms with Crippen molar-refractivity contribution in [3.63, 3.8) is 0 Å². The summed E-state index contributed by atoms with van der Waals surface area (Å²) in [6, 6.07) is 2.88. The Morgan fingerprint density at radius 3 is 2.58 bits per heavy atom. The topological polar surface area (TPSA) is 66.4 Å². The smallest absolute Gasteiger partial charge is 0.306 e. The molecule has 0 aliphatic heterocycles. The normalized spacial score (nSPS) is 21.6. The highest BCUT2D eigenvalue weighted by Crippen LogP contribution is 2.27. The average Bonchev–Trinajstić information content (AvgIpc) is 2.26. The molecule has 4 nitrogen and oxygen atoms in total. The number of rotatable bonds is 4. The Hall–Kier alpha value is -1.98. The standard InChI is InChI=1S/C13H13F2NO3/c14-9-2-1-7(11(15)6-9)5-12(17)16-10-3-8(4-10)13(18)19/h1-2,6,8,10H,3-5H2,(H,16,17)(H,18,19).